The lowest BCUT2D eigenvalue weighted by atomic mass is 10.1. The van der Waals surface area contributed by atoms with Crippen LogP contribution in [0.2, 0.25) is 0 Å². The summed E-state index contributed by atoms with van der Waals surface area (Å²) in [5.74, 6) is 0.317. The number of rotatable bonds is 5. The van der Waals surface area contributed by atoms with Crippen molar-refractivity contribution in [3.63, 3.8) is 0 Å². The van der Waals surface area contributed by atoms with Crippen molar-refractivity contribution in [3.05, 3.63) is 58.3 Å². The van der Waals surface area contributed by atoms with Gasteiger partial charge in [-0.1, -0.05) is 22.9 Å². The Hall–Kier alpha value is -1.33. The summed E-state index contributed by atoms with van der Waals surface area (Å²) in [4.78, 5) is 8.45. The standard InChI is InChI=1S/C14H15BrFN3/c1-2-6-17-13(14-18-7-3-8-19-14)11-9-10(15)4-5-12(11)16/h3-5,7-9,13,17H,2,6H2,1H3. The number of nitrogens with one attached hydrogen (secondary N) is 1. The molecule has 1 N–H and O–H groups in total. The van der Waals surface area contributed by atoms with Crippen LogP contribution in [-0.4, -0.2) is 16.5 Å². The van der Waals surface area contributed by atoms with Gasteiger partial charge < -0.3 is 5.32 Å². The first kappa shape index (κ1) is 14.1. The lowest BCUT2D eigenvalue weighted by molar-refractivity contribution is 0.529. The molecule has 5 heteroatoms. The second kappa shape index (κ2) is 6.73. The van der Waals surface area contributed by atoms with Crippen molar-refractivity contribution in [1.29, 1.82) is 0 Å². The molecule has 1 aromatic carbocycles. The normalized spacial score (nSPS) is 12.4. The first-order valence-corrected chi connectivity index (χ1v) is 6.97. The SMILES string of the molecule is CCCNC(c1ncccn1)c1cc(Br)ccc1F. The van der Waals surface area contributed by atoms with Gasteiger partial charge in [-0.05, 0) is 37.2 Å². The average Bonchev–Trinajstić information content (AvgIpc) is 2.44. The van der Waals surface area contributed by atoms with Gasteiger partial charge in [-0.2, -0.15) is 0 Å². The molecule has 1 unspecified atom stereocenters. The molecule has 0 saturated heterocycles. The summed E-state index contributed by atoms with van der Waals surface area (Å²) in [6.07, 6.45) is 4.29. The Balaban J connectivity index is 2.40. The van der Waals surface area contributed by atoms with Gasteiger partial charge in [-0.25, -0.2) is 14.4 Å². The van der Waals surface area contributed by atoms with Crippen LogP contribution < -0.4 is 5.32 Å². The van der Waals surface area contributed by atoms with Crippen LogP contribution in [0.4, 0.5) is 4.39 Å². The molecule has 0 saturated carbocycles. The predicted molar refractivity (Wildman–Crippen MR) is 76.3 cm³/mol. The monoisotopic (exact) mass is 323 g/mol. The molecule has 1 aromatic heterocycles. The quantitative estimate of drug-likeness (QED) is 0.915. The molecule has 0 bridgehead atoms. The van der Waals surface area contributed by atoms with Gasteiger partial charge in [0.1, 0.15) is 11.6 Å². The minimum Gasteiger partial charge on any atom is -0.304 e. The third kappa shape index (κ3) is 3.58. The second-order valence-corrected chi connectivity index (χ2v) is 5.08. The fraction of sp³-hybridized carbons (Fsp3) is 0.286. The Labute approximate surface area is 120 Å². The molecule has 1 atom stereocenters. The van der Waals surface area contributed by atoms with E-state index in [1.807, 2.05) is 0 Å². The summed E-state index contributed by atoms with van der Waals surface area (Å²) >= 11 is 3.37. The molecule has 0 aliphatic carbocycles. The fourth-order valence-corrected chi connectivity index (χ4v) is 2.20. The highest BCUT2D eigenvalue weighted by molar-refractivity contribution is 9.10. The molecule has 3 nitrogen and oxygen atoms in total. The van der Waals surface area contributed by atoms with E-state index < -0.39 is 0 Å². The summed E-state index contributed by atoms with van der Waals surface area (Å²) in [7, 11) is 0. The van der Waals surface area contributed by atoms with Gasteiger partial charge >= 0.3 is 0 Å². The summed E-state index contributed by atoms with van der Waals surface area (Å²) in [6, 6.07) is 6.31. The van der Waals surface area contributed by atoms with Crippen molar-refractivity contribution < 1.29 is 4.39 Å². The Morgan fingerprint density at radius 2 is 2.05 bits per heavy atom. The maximum atomic E-state index is 14.0. The smallest absolute Gasteiger partial charge is 0.149 e. The van der Waals surface area contributed by atoms with Crippen LogP contribution in [0.1, 0.15) is 30.8 Å². The largest absolute Gasteiger partial charge is 0.304 e. The number of hydrogen-bond donors (Lipinski definition) is 1. The molecular formula is C14H15BrFN3. The van der Waals surface area contributed by atoms with E-state index in [9.17, 15) is 4.39 Å². The van der Waals surface area contributed by atoms with E-state index in [-0.39, 0.29) is 11.9 Å². The highest BCUT2D eigenvalue weighted by Gasteiger charge is 2.19. The molecule has 0 radical (unpaired) electrons. The van der Waals surface area contributed by atoms with E-state index in [1.54, 1.807) is 30.6 Å². The third-order valence-corrected chi connectivity index (χ3v) is 3.20. The highest BCUT2D eigenvalue weighted by atomic mass is 79.9. The minimum absolute atomic E-state index is 0.260. The lowest BCUT2D eigenvalue weighted by Crippen LogP contribution is -2.25. The van der Waals surface area contributed by atoms with Crippen LogP contribution in [0.25, 0.3) is 0 Å². The Bertz CT molecular complexity index is 533. The van der Waals surface area contributed by atoms with Crippen LogP contribution >= 0.6 is 15.9 Å². The number of aromatic nitrogens is 2. The van der Waals surface area contributed by atoms with E-state index >= 15 is 0 Å². The molecule has 2 rings (SSSR count). The zero-order valence-electron chi connectivity index (χ0n) is 10.6. The Kier molecular flexibility index (Phi) is 4.99. The molecular weight excluding hydrogens is 309 g/mol. The van der Waals surface area contributed by atoms with Crippen LogP contribution in [0.5, 0.6) is 0 Å². The molecule has 0 aliphatic heterocycles. The van der Waals surface area contributed by atoms with Gasteiger partial charge in [0, 0.05) is 22.4 Å². The molecule has 0 fully saturated rings. The topological polar surface area (TPSA) is 37.8 Å². The minimum atomic E-state index is -0.335. The zero-order chi connectivity index (χ0) is 13.7. The van der Waals surface area contributed by atoms with Crippen LogP contribution in [0.15, 0.2) is 41.1 Å². The lowest BCUT2D eigenvalue weighted by Gasteiger charge is -2.18. The van der Waals surface area contributed by atoms with Gasteiger partial charge in [0.05, 0.1) is 6.04 Å². The summed E-state index contributed by atoms with van der Waals surface area (Å²) in [5, 5.41) is 3.28. The van der Waals surface area contributed by atoms with Crippen molar-refractivity contribution in [3.8, 4) is 0 Å². The van der Waals surface area contributed by atoms with E-state index in [4.69, 9.17) is 0 Å². The van der Waals surface area contributed by atoms with E-state index in [0.29, 0.717) is 11.4 Å². The molecule has 0 spiro atoms. The molecule has 1 heterocycles. The average molecular weight is 324 g/mol. The Morgan fingerprint density at radius 1 is 1.32 bits per heavy atom. The van der Waals surface area contributed by atoms with Crippen molar-refractivity contribution in [2.24, 2.45) is 0 Å². The van der Waals surface area contributed by atoms with Crippen LogP contribution in [0, 0.1) is 5.82 Å². The molecule has 0 amide bonds. The summed E-state index contributed by atoms with van der Waals surface area (Å²) in [6.45, 7) is 2.84. The van der Waals surface area contributed by atoms with Crippen LogP contribution in [-0.2, 0) is 0 Å². The van der Waals surface area contributed by atoms with Gasteiger partial charge in [0.15, 0.2) is 0 Å². The maximum Gasteiger partial charge on any atom is 0.149 e. The number of benzene rings is 1. The second-order valence-electron chi connectivity index (χ2n) is 4.16. The number of halogens is 2. The molecule has 2 aromatic rings. The van der Waals surface area contributed by atoms with E-state index in [2.05, 4.69) is 38.1 Å². The van der Waals surface area contributed by atoms with Gasteiger partial charge in [-0.3, -0.25) is 0 Å². The number of hydrogen-bond acceptors (Lipinski definition) is 3. The molecule has 0 aliphatic rings. The zero-order valence-corrected chi connectivity index (χ0v) is 12.2. The summed E-state index contributed by atoms with van der Waals surface area (Å²) < 4.78 is 14.9. The van der Waals surface area contributed by atoms with Crippen LogP contribution in [0.3, 0.4) is 0 Å². The van der Waals surface area contributed by atoms with Crippen molar-refractivity contribution >= 4 is 15.9 Å². The van der Waals surface area contributed by atoms with Gasteiger partial charge in [0.25, 0.3) is 0 Å². The first-order valence-electron chi connectivity index (χ1n) is 6.17. The fourth-order valence-electron chi connectivity index (χ4n) is 1.82. The molecule has 100 valence electrons. The third-order valence-electron chi connectivity index (χ3n) is 2.71. The Morgan fingerprint density at radius 3 is 2.74 bits per heavy atom. The summed E-state index contributed by atoms with van der Waals surface area (Å²) in [5.41, 5.74) is 0.550. The number of nitrogens with zero attached hydrogens (tertiary/aromatic N) is 2. The predicted octanol–water partition coefficient (Wildman–Crippen LogP) is 3.47. The molecule has 19 heavy (non-hydrogen) atoms. The van der Waals surface area contributed by atoms with Crippen molar-refractivity contribution in [1.82, 2.24) is 15.3 Å². The highest BCUT2D eigenvalue weighted by Crippen LogP contribution is 2.25. The van der Waals surface area contributed by atoms with Gasteiger partial charge in [0.2, 0.25) is 0 Å². The first-order chi connectivity index (χ1) is 9.22. The van der Waals surface area contributed by atoms with Gasteiger partial charge in [-0.15, -0.1) is 0 Å². The van der Waals surface area contributed by atoms with E-state index in [1.165, 1.54) is 6.07 Å². The van der Waals surface area contributed by atoms with Crippen molar-refractivity contribution in [2.45, 2.75) is 19.4 Å². The van der Waals surface area contributed by atoms with Crippen molar-refractivity contribution in [2.75, 3.05) is 6.54 Å². The maximum absolute atomic E-state index is 14.0. The van der Waals surface area contributed by atoms with E-state index in [0.717, 1.165) is 17.4 Å².